The SMILES string of the molecule is CCOC(=O)c1ccc2cc(C(C)=O)ccc2n1. The second-order valence-electron chi connectivity index (χ2n) is 3.88. The van der Waals surface area contributed by atoms with Gasteiger partial charge in [-0.2, -0.15) is 0 Å². The molecule has 0 saturated carbocycles. The first kappa shape index (κ1) is 12.2. The van der Waals surface area contributed by atoms with E-state index in [0.29, 0.717) is 17.7 Å². The molecule has 4 nitrogen and oxygen atoms in total. The van der Waals surface area contributed by atoms with Crippen molar-refractivity contribution >= 4 is 22.7 Å². The highest BCUT2D eigenvalue weighted by Crippen LogP contribution is 2.15. The lowest BCUT2D eigenvalue weighted by atomic mass is 10.1. The molecule has 0 aliphatic heterocycles. The molecule has 1 aromatic heterocycles. The van der Waals surface area contributed by atoms with Crippen LogP contribution in [0.5, 0.6) is 0 Å². The number of fused-ring (bicyclic) bond motifs is 1. The van der Waals surface area contributed by atoms with Crippen LogP contribution in [-0.2, 0) is 4.74 Å². The highest BCUT2D eigenvalue weighted by molar-refractivity contribution is 5.98. The van der Waals surface area contributed by atoms with Crippen LogP contribution in [0.4, 0.5) is 0 Å². The number of carbonyl (C=O) groups is 2. The number of hydrogen-bond acceptors (Lipinski definition) is 4. The average Bonchev–Trinajstić information content (AvgIpc) is 2.37. The van der Waals surface area contributed by atoms with Crippen LogP contribution in [0.1, 0.15) is 34.7 Å². The molecule has 0 spiro atoms. The van der Waals surface area contributed by atoms with Gasteiger partial charge in [-0.25, -0.2) is 9.78 Å². The third-order valence-electron chi connectivity index (χ3n) is 2.58. The molecule has 4 heteroatoms. The Hall–Kier alpha value is -2.23. The van der Waals surface area contributed by atoms with Crippen LogP contribution in [0, 0.1) is 0 Å². The molecule has 0 fully saturated rings. The fourth-order valence-corrected chi connectivity index (χ4v) is 1.66. The summed E-state index contributed by atoms with van der Waals surface area (Å²) in [5, 5.41) is 0.829. The maximum absolute atomic E-state index is 11.5. The van der Waals surface area contributed by atoms with Gasteiger partial charge in [0, 0.05) is 10.9 Å². The van der Waals surface area contributed by atoms with E-state index in [-0.39, 0.29) is 11.5 Å². The first-order chi connectivity index (χ1) is 8.61. The van der Waals surface area contributed by atoms with Crippen LogP contribution >= 0.6 is 0 Å². The molecule has 0 aliphatic carbocycles. The van der Waals surface area contributed by atoms with Crippen LogP contribution in [0.25, 0.3) is 10.9 Å². The number of rotatable bonds is 3. The summed E-state index contributed by atoms with van der Waals surface area (Å²) in [5.74, 6) is -0.429. The molecular formula is C14H13NO3. The summed E-state index contributed by atoms with van der Waals surface area (Å²) in [4.78, 5) is 27.0. The molecule has 2 aromatic rings. The van der Waals surface area contributed by atoms with Gasteiger partial charge in [0.15, 0.2) is 5.78 Å². The second kappa shape index (κ2) is 4.96. The van der Waals surface area contributed by atoms with Crippen molar-refractivity contribution in [1.29, 1.82) is 0 Å². The number of benzene rings is 1. The number of pyridine rings is 1. The minimum absolute atomic E-state index is 0.00590. The monoisotopic (exact) mass is 243 g/mol. The molecule has 1 heterocycles. The van der Waals surface area contributed by atoms with E-state index in [2.05, 4.69) is 4.98 Å². The Morgan fingerprint density at radius 3 is 2.67 bits per heavy atom. The fraction of sp³-hybridized carbons (Fsp3) is 0.214. The third-order valence-corrected chi connectivity index (χ3v) is 2.58. The van der Waals surface area contributed by atoms with Gasteiger partial charge in [0.05, 0.1) is 12.1 Å². The maximum atomic E-state index is 11.5. The Morgan fingerprint density at radius 1 is 1.22 bits per heavy atom. The Labute approximate surface area is 105 Å². The predicted molar refractivity (Wildman–Crippen MR) is 67.7 cm³/mol. The average molecular weight is 243 g/mol. The number of esters is 1. The first-order valence-corrected chi connectivity index (χ1v) is 5.70. The number of ketones is 1. The number of Topliss-reactive ketones (excluding diaryl/α,β-unsaturated/α-hetero) is 1. The number of carbonyl (C=O) groups excluding carboxylic acids is 2. The van der Waals surface area contributed by atoms with Crippen LogP contribution in [0.15, 0.2) is 30.3 Å². The van der Waals surface area contributed by atoms with E-state index >= 15 is 0 Å². The Morgan fingerprint density at radius 2 is 2.00 bits per heavy atom. The van der Waals surface area contributed by atoms with Crippen molar-refractivity contribution in [2.45, 2.75) is 13.8 Å². The van der Waals surface area contributed by atoms with Gasteiger partial charge in [0.1, 0.15) is 5.69 Å². The summed E-state index contributed by atoms with van der Waals surface area (Å²) >= 11 is 0. The predicted octanol–water partition coefficient (Wildman–Crippen LogP) is 2.61. The smallest absolute Gasteiger partial charge is 0.356 e. The zero-order valence-electron chi connectivity index (χ0n) is 10.3. The third kappa shape index (κ3) is 2.37. The number of ether oxygens (including phenoxy) is 1. The molecule has 0 radical (unpaired) electrons. The van der Waals surface area contributed by atoms with E-state index in [1.807, 2.05) is 0 Å². The highest BCUT2D eigenvalue weighted by atomic mass is 16.5. The van der Waals surface area contributed by atoms with Gasteiger partial charge in [0.25, 0.3) is 0 Å². The van der Waals surface area contributed by atoms with Crippen molar-refractivity contribution < 1.29 is 14.3 Å². The minimum atomic E-state index is -0.435. The normalized spacial score (nSPS) is 10.3. The van der Waals surface area contributed by atoms with Crippen LogP contribution < -0.4 is 0 Å². The van der Waals surface area contributed by atoms with Crippen LogP contribution in [0.3, 0.4) is 0 Å². The molecule has 92 valence electrons. The molecular weight excluding hydrogens is 230 g/mol. The molecule has 1 aromatic carbocycles. The standard InChI is InChI=1S/C14H13NO3/c1-3-18-14(17)13-7-5-11-8-10(9(2)16)4-6-12(11)15-13/h4-8H,3H2,1-2H3. The van der Waals surface area contributed by atoms with Crippen molar-refractivity contribution in [3.8, 4) is 0 Å². The van der Waals surface area contributed by atoms with Crippen molar-refractivity contribution in [3.05, 3.63) is 41.6 Å². The maximum Gasteiger partial charge on any atom is 0.356 e. The van der Waals surface area contributed by atoms with Gasteiger partial charge in [0.2, 0.25) is 0 Å². The van der Waals surface area contributed by atoms with E-state index in [0.717, 1.165) is 5.39 Å². The molecule has 0 bridgehead atoms. The molecule has 0 N–H and O–H groups in total. The van der Waals surface area contributed by atoms with E-state index < -0.39 is 5.97 Å². The van der Waals surface area contributed by atoms with Crippen LogP contribution in [-0.4, -0.2) is 23.3 Å². The Balaban J connectivity index is 2.44. The largest absolute Gasteiger partial charge is 0.461 e. The quantitative estimate of drug-likeness (QED) is 0.614. The van der Waals surface area contributed by atoms with Gasteiger partial charge in [-0.15, -0.1) is 0 Å². The number of hydrogen-bond donors (Lipinski definition) is 0. The summed E-state index contributed by atoms with van der Waals surface area (Å²) in [6, 6.07) is 8.56. The van der Waals surface area contributed by atoms with Crippen molar-refractivity contribution in [3.63, 3.8) is 0 Å². The molecule has 18 heavy (non-hydrogen) atoms. The summed E-state index contributed by atoms with van der Waals surface area (Å²) in [6.45, 7) is 3.58. The first-order valence-electron chi connectivity index (χ1n) is 5.70. The van der Waals surface area contributed by atoms with Gasteiger partial charge in [-0.3, -0.25) is 4.79 Å². The zero-order chi connectivity index (χ0) is 13.1. The molecule has 0 unspecified atom stereocenters. The molecule has 0 atom stereocenters. The van der Waals surface area contributed by atoms with E-state index in [1.54, 1.807) is 37.3 Å². The topological polar surface area (TPSA) is 56.3 Å². The van der Waals surface area contributed by atoms with E-state index in [1.165, 1.54) is 6.92 Å². The van der Waals surface area contributed by atoms with Gasteiger partial charge < -0.3 is 4.74 Å². The highest BCUT2D eigenvalue weighted by Gasteiger charge is 2.09. The lowest BCUT2D eigenvalue weighted by Crippen LogP contribution is -2.06. The van der Waals surface area contributed by atoms with Gasteiger partial charge >= 0.3 is 5.97 Å². The Kier molecular flexibility index (Phi) is 3.37. The lowest BCUT2D eigenvalue weighted by Gasteiger charge is -2.03. The number of nitrogens with zero attached hydrogens (tertiary/aromatic N) is 1. The fourth-order valence-electron chi connectivity index (χ4n) is 1.66. The summed E-state index contributed by atoms with van der Waals surface area (Å²) < 4.78 is 4.88. The molecule has 2 rings (SSSR count). The van der Waals surface area contributed by atoms with Crippen molar-refractivity contribution in [2.75, 3.05) is 6.61 Å². The molecule has 0 aliphatic rings. The van der Waals surface area contributed by atoms with E-state index in [4.69, 9.17) is 4.74 Å². The van der Waals surface area contributed by atoms with Crippen molar-refractivity contribution in [1.82, 2.24) is 4.98 Å². The molecule has 0 amide bonds. The van der Waals surface area contributed by atoms with Crippen molar-refractivity contribution in [2.24, 2.45) is 0 Å². The second-order valence-corrected chi connectivity index (χ2v) is 3.88. The summed E-state index contributed by atoms with van der Waals surface area (Å²) in [7, 11) is 0. The minimum Gasteiger partial charge on any atom is -0.461 e. The summed E-state index contributed by atoms with van der Waals surface area (Å²) in [5.41, 5.74) is 1.58. The van der Waals surface area contributed by atoms with E-state index in [9.17, 15) is 9.59 Å². The lowest BCUT2D eigenvalue weighted by molar-refractivity contribution is 0.0520. The molecule has 0 saturated heterocycles. The summed E-state index contributed by atoms with van der Waals surface area (Å²) in [6.07, 6.45) is 0. The van der Waals surface area contributed by atoms with Gasteiger partial charge in [-0.05, 0) is 38.1 Å². The zero-order valence-corrected chi connectivity index (χ0v) is 10.3. The van der Waals surface area contributed by atoms with Gasteiger partial charge in [-0.1, -0.05) is 6.07 Å². The number of aromatic nitrogens is 1. The Bertz CT molecular complexity index is 619. The van der Waals surface area contributed by atoms with Crippen LogP contribution in [0.2, 0.25) is 0 Å².